The predicted molar refractivity (Wildman–Crippen MR) is 78.4 cm³/mol. The molecule has 0 amide bonds. The third-order valence-electron chi connectivity index (χ3n) is 3.26. The number of allylic oxidation sites excluding steroid dienone is 2. The number of hydrogen-bond acceptors (Lipinski definition) is 5. The summed E-state index contributed by atoms with van der Waals surface area (Å²) >= 11 is 0. The fraction of sp³-hybridized carbons (Fsp3) is 0.250. The Hall–Kier alpha value is -2.40. The molecule has 5 heteroatoms. The van der Waals surface area contributed by atoms with Crippen molar-refractivity contribution in [2.24, 2.45) is 0 Å². The zero-order valence-corrected chi connectivity index (χ0v) is 11.5. The number of benzene rings is 1. The molecular weight excluding hydrogens is 270 g/mol. The smallest absolute Gasteiger partial charge is 0.197 e. The maximum absolute atomic E-state index is 12.3. The number of carbonyl (C=O) groups is 2. The molecule has 2 rings (SSSR count). The Morgan fingerprint density at radius 3 is 2.57 bits per heavy atom. The number of hydrogen-bond donors (Lipinski definition) is 3. The van der Waals surface area contributed by atoms with Gasteiger partial charge in [-0.25, -0.2) is 0 Å². The van der Waals surface area contributed by atoms with Crippen LogP contribution in [0.4, 0.5) is 0 Å². The molecule has 0 spiro atoms. The Labute approximate surface area is 122 Å². The van der Waals surface area contributed by atoms with Gasteiger partial charge in [0.15, 0.2) is 11.6 Å². The summed E-state index contributed by atoms with van der Waals surface area (Å²) in [6.07, 6.45) is 1.73. The second kappa shape index (κ2) is 6.85. The fourth-order valence-electron chi connectivity index (χ4n) is 2.16. The highest BCUT2D eigenvalue weighted by molar-refractivity contribution is 6.29. The average Bonchev–Trinajstić information content (AvgIpc) is 2.51. The lowest BCUT2D eigenvalue weighted by Gasteiger charge is -2.17. The highest BCUT2D eigenvalue weighted by atomic mass is 16.3. The number of nitrogens with one attached hydrogen (secondary N) is 1. The first kappa shape index (κ1) is 15.0. The second-order valence-corrected chi connectivity index (χ2v) is 4.68. The molecule has 0 radical (unpaired) electrons. The van der Waals surface area contributed by atoms with Gasteiger partial charge in [0.1, 0.15) is 5.76 Å². The molecule has 1 aromatic carbocycles. The molecule has 0 atom stereocenters. The molecule has 3 N–H and O–H groups in total. The molecule has 0 aliphatic heterocycles. The van der Waals surface area contributed by atoms with Gasteiger partial charge in [0.05, 0.1) is 12.2 Å². The van der Waals surface area contributed by atoms with Gasteiger partial charge in [0.2, 0.25) is 0 Å². The normalized spacial score (nSPS) is 19.8. The first-order valence-electron chi connectivity index (χ1n) is 6.75. The number of Topliss-reactive ketones (excluding diaryl/α,β-unsaturated/α-hetero) is 2. The van der Waals surface area contributed by atoms with E-state index in [4.69, 9.17) is 5.11 Å². The molecule has 1 fully saturated rings. The topological polar surface area (TPSA) is 86.6 Å². The lowest BCUT2D eigenvalue weighted by Crippen LogP contribution is -2.25. The Balaban J connectivity index is 2.32. The summed E-state index contributed by atoms with van der Waals surface area (Å²) in [7, 11) is 0. The standard InChI is InChI=1S/C16H17NO4/c18-9-8-17-10-13-14(19)7-6-12(16(13)21)15(20)11-4-2-1-3-5-11/h1-5,10,17-18,20H,6-9H2/b13-10+,15-12?. The SMILES string of the molecule is O=C1CCC(=C(O)c2ccccc2)C(=O)/C1=C/NCCO. The minimum Gasteiger partial charge on any atom is -0.507 e. The van der Waals surface area contributed by atoms with Gasteiger partial charge in [-0.2, -0.15) is 0 Å². The lowest BCUT2D eigenvalue weighted by molar-refractivity contribution is -0.121. The van der Waals surface area contributed by atoms with E-state index >= 15 is 0 Å². The molecule has 0 aromatic heterocycles. The van der Waals surface area contributed by atoms with Gasteiger partial charge in [-0.3, -0.25) is 9.59 Å². The van der Waals surface area contributed by atoms with Crippen molar-refractivity contribution in [3.8, 4) is 0 Å². The number of carbonyl (C=O) groups excluding carboxylic acids is 2. The highest BCUT2D eigenvalue weighted by Gasteiger charge is 2.30. The molecule has 1 aromatic rings. The van der Waals surface area contributed by atoms with E-state index in [1.165, 1.54) is 6.20 Å². The molecule has 1 aliphatic carbocycles. The minimum atomic E-state index is -0.460. The van der Waals surface area contributed by atoms with Crippen molar-refractivity contribution in [2.45, 2.75) is 12.8 Å². The summed E-state index contributed by atoms with van der Waals surface area (Å²) in [5.74, 6) is -0.797. The van der Waals surface area contributed by atoms with Gasteiger partial charge in [0.25, 0.3) is 0 Å². The van der Waals surface area contributed by atoms with Crippen LogP contribution in [0.25, 0.3) is 5.76 Å². The van der Waals surface area contributed by atoms with Crippen molar-refractivity contribution in [1.29, 1.82) is 0 Å². The summed E-state index contributed by atoms with van der Waals surface area (Å²) in [5, 5.41) is 21.7. The maximum Gasteiger partial charge on any atom is 0.197 e. The van der Waals surface area contributed by atoms with E-state index in [1.54, 1.807) is 24.3 Å². The maximum atomic E-state index is 12.3. The van der Waals surface area contributed by atoms with Crippen LogP contribution < -0.4 is 5.32 Å². The lowest BCUT2D eigenvalue weighted by atomic mass is 9.86. The number of ketones is 2. The van der Waals surface area contributed by atoms with Crippen LogP contribution in [0, 0.1) is 0 Å². The fourth-order valence-corrected chi connectivity index (χ4v) is 2.16. The zero-order valence-electron chi connectivity index (χ0n) is 11.5. The van der Waals surface area contributed by atoms with Crippen molar-refractivity contribution in [3.63, 3.8) is 0 Å². The van der Waals surface area contributed by atoms with Gasteiger partial charge in [-0.15, -0.1) is 0 Å². The van der Waals surface area contributed by atoms with E-state index in [2.05, 4.69) is 5.32 Å². The number of aliphatic hydroxyl groups is 2. The van der Waals surface area contributed by atoms with E-state index in [9.17, 15) is 14.7 Å². The van der Waals surface area contributed by atoms with E-state index in [0.717, 1.165) is 0 Å². The predicted octanol–water partition coefficient (Wildman–Crippen LogP) is 1.35. The average molecular weight is 287 g/mol. The van der Waals surface area contributed by atoms with E-state index in [0.29, 0.717) is 5.56 Å². The van der Waals surface area contributed by atoms with Crippen LogP contribution in [-0.2, 0) is 9.59 Å². The molecule has 0 unspecified atom stereocenters. The summed E-state index contributed by atoms with van der Waals surface area (Å²) < 4.78 is 0. The molecular formula is C16H17NO4. The van der Waals surface area contributed by atoms with Crippen molar-refractivity contribution >= 4 is 17.3 Å². The van der Waals surface area contributed by atoms with Gasteiger partial charge < -0.3 is 15.5 Å². The van der Waals surface area contributed by atoms with Crippen LogP contribution >= 0.6 is 0 Å². The molecule has 0 heterocycles. The van der Waals surface area contributed by atoms with Crippen molar-refractivity contribution in [1.82, 2.24) is 5.32 Å². The van der Waals surface area contributed by atoms with Crippen LogP contribution in [-0.4, -0.2) is 34.9 Å². The number of aliphatic hydroxyl groups excluding tert-OH is 2. The van der Waals surface area contributed by atoms with Gasteiger partial charge in [0, 0.05) is 30.3 Å². The van der Waals surface area contributed by atoms with E-state index < -0.39 is 5.78 Å². The molecule has 5 nitrogen and oxygen atoms in total. The van der Waals surface area contributed by atoms with Crippen molar-refractivity contribution < 1.29 is 19.8 Å². The van der Waals surface area contributed by atoms with Gasteiger partial charge >= 0.3 is 0 Å². The molecule has 110 valence electrons. The third-order valence-corrected chi connectivity index (χ3v) is 3.26. The van der Waals surface area contributed by atoms with Crippen LogP contribution in [0.2, 0.25) is 0 Å². The van der Waals surface area contributed by atoms with Crippen molar-refractivity contribution in [2.75, 3.05) is 13.2 Å². The Kier molecular flexibility index (Phi) is 4.90. The highest BCUT2D eigenvalue weighted by Crippen LogP contribution is 2.27. The van der Waals surface area contributed by atoms with E-state index in [-0.39, 0.29) is 48.7 Å². The minimum absolute atomic E-state index is 0.0205. The van der Waals surface area contributed by atoms with E-state index in [1.807, 2.05) is 6.07 Å². The summed E-state index contributed by atoms with van der Waals surface area (Å²) in [6.45, 7) is 0.165. The first-order valence-corrected chi connectivity index (χ1v) is 6.75. The summed E-state index contributed by atoms with van der Waals surface area (Å²) in [5.41, 5.74) is 0.822. The molecule has 21 heavy (non-hydrogen) atoms. The second-order valence-electron chi connectivity index (χ2n) is 4.68. The number of rotatable bonds is 4. The summed E-state index contributed by atoms with van der Waals surface area (Å²) in [4.78, 5) is 24.1. The van der Waals surface area contributed by atoms with Crippen LogP contribution in [0.5, 0.6) is 0 Å². The molecule has 1 aliphatic rings. The van der Waals surface area contributed by atoms with Crippen LogP contribution in [0.1, 0.15) is 18.4 Å². The van der Waals surface area contributed by atoms with Crippen LogP contribution in [0.3, 0.4) is 0 Å². The van der Waals surface area contributed by atoms with Gasteiger partial charge in [-0.1, -0.05) is 30.3 Å². The molecule has 1 saturated carbocycles. The third kappa shape index (κ3) is 3.38. The van der Waals surface area contributed by atoms with Crippen molar-refractivity contribution in [3.05, 3.63) is 53.2 Å². The first-order chi connectivity index (χ1) is 10.1. The zero-order chi connectivity index (χ0) is 15.2. The quantitative estimate of drug-likeness (QED) is 0.337. The van der Waals surface area contributed by atoms with Crippen LogP contribution in [0.15, 0.2) is 47.7 Å². The Bertz CT molecular complexity index is 602. The largest absolute Gasteiger partial charge is 0.507 e. The van der Waals surface area contributed by atoms with Gasteiger partial charge in [-0.05, 0) is 6.42 Å². The molecule has 0 bridgehead atoms. The summed E-state index contributed by atoms with van der Waals surface area (Å²) in [6, 6.07) is 8.77. The Morgan fingerprint density at radius 1 is 1.19 bits per heavy atom. The monoisotopic (exact) mass is 287 g/mol. The Morgan fingerprint density at radius 2 is 1.90 bits per heavy atom. The molecule has 0 saturated heterocycles.